The number of piperidine rings is 1. The van der Waals surface area contributed by atoms with Crippen LogP contribution in [0.15, 0.2) is 53.2 Å². The van der Waals surface area contributed by atoms with E-state index in [1.54, 1.807) is 24.5 Å². The molecular formula is C25H32N4O3S. The van der Waals surface area contributed by atoms with Gasteiger partial charge in [-0.05, 0) is 68.8 Å². The molecule has 3 aromatic rings. The second kappa shape index (κ2) is 12.4. The number of hydrogen-bond donors (Lipinski definition) is 2. The Kier molecular flexibility index (Phi) is 9.33. The lowest BCUT2D eigenvalue weighted by Crippen LogP contribution is -2.33. The minimum Gasteiger partial charge on any atom is -0.441 e. The quantitative estimate of drug-likeness (QED) is 0.544. The van der Waals surface area contributed by atoms with E-state index >= 15 is 0 Å². The van der Waals surface area contributed by atoms with Crippen LogP contribution in [0.2, 0.25) is 0 Å². The minimum atomic E-state index is -0.959. The maximum Gasteiger partial charge on any atom is 0.251 e. The number of oxazole rings is 1. The Balaban J connectivity index is 0.00000149. The number of aromatic nitrogens is 2. The molecule has 0 bridgehead atoms. The van der Waals surface area contributed by atoms with Gasteiger partial charge >= 0.3 is 0 Å². The van der Waals surface area contributed by atoms with Crippen LogP contribution in [0.3, 0.4) is 0 Å². The minimum absolute atomic E-state index is 0.156. The van der Waals surface area contributed by atoms with E-state index in [4.69, 9.17) is 4.42 Å². The van der Waals surface area contributed by atoms with Crippen molar-refractivity contribution in [2.75, 3.05) is 13.1 Å². The Hall–Kier alpha value is -2.84. The topological polar surface area (TPSA) is 97.1 Å². The van der Waals surface area contributed by atoms with Crippen LogP contribution in [0.4, 0.5) is 0 Å². The monoisotopic (exact) mass is 468 g/mol. The molecule has 2 aromatic heterocycles. The molecule has 2 N–H and O–H groups in total. The third-order valence-corrected chi connectivity index (χ3v) is 7.17. The zero-order valence-corrected chi connectivity index (χ0v) is 20.3. The van der Waals surface area contributed by atoms with E-state index in [0.29, 0.717) is 29.5 Å². The van der Waals surface area contributed by atoms with E-state index in [2.05, 4.69) is 20.6 Å². The molecule has 1 atom stereocenters. The first-order chi connectivity index (χ1) is 16.1. The zero-order valence-electron chi connectivity index (χ0n) is 19.5. The summed E-state index contributed by atoms with van der Waals surface area (Å²) >= 11 is 0. The summed E-state index contributed by atoms with van der Waals surface area (Å²) in [7, 11) is -0.959. The van der Waals surface area contributed by atoms with Crippen LogP contribution >= 0.6 is 0 Å². The van der Waals surface area contributed by atoms with Crippen LogP contribution in [0.25, 0.3) is 11.5 Å². The van der Waals surface area contributed by atoms with Crippen LogP contribution < -0.4 is 10.6 Å². The van der Waals surface area contributed by atoms with Gasteiger partial charge in [0.1, 0.15) is 5.76 Å². The third kappa shape index (κ3) is 6.82. The highest BCUT2D eigenvalue weighted by atomic mass is 32.2. The highest BCUT2D eigenvalue weighted by Crippen LogP contribution is 2.24. The van der Waals surface area contributed by atoms with Gasteiger partial charge in [0.15, 0.2) is 0 Å². The Morgan fingerprint density at radius 3 is 2.58 bits per heavy atom. The average molecular weight is 469 g/mol. The van der Waals surface area contributed by atoms with E-state index in [0.717, 1.165) is 42.8 Å². The Bertz CT molecular complexity index is 1050. The molecule has 1 aliphatic heterocycles. The third-order valence-electron chi connectivity index (χ3n) is 5.40. The summed E-state index contributed by atoms with van der Waals surface area (Å²) in [5.74, 6) is 1.43. The molecule has 7 nitrogen and oxygen atoms in total. The lowest BCUT2D eigenvalue weighted by Gasteiger charge is -2.21. The van der Waals surface area contributed by atoms with Gasteiger partial charge in [-0.25, -0.2) is 4.98 Å². The maximum atomic E-state index is 12.7. The number of amides is 1. The van der Waals surface area contributed by atoms with Crippen molar-refractivity contribution in [2.45, 2.75) is 51.2 Å². The van der Waals surface area contributed by atoms with E-state index in [1.165, 1.54) is 0 Å². The van der Waals surface area contributed by atoms with Gasteiger partial charge in [-0.2, -0.15) is 0 Å². The molecule has 8 heteroatoms. The number of carbonyl (C=O) groups is 1. The zero-order chi connectivity index (χ0) is 23.6. The summed E-state index contributed by atoms with van der Waals surface area (Å²) in [5, 5.41) is 6.40. The van der Waals surface area contributed by atoms with E-state index in [-0.39, 0.29) is 11.2 Å². The second-order valence-electron chi connectivity index (χ2n) is 7.62. The fourth-order valence-electron chi connectivity index (χ4n) is 3.55. The highest BCUT2D eigenvalue weighted by Gasteiger charge is 2.22. The fourth-order valence-corrected chi connectivity index (χ4v) is 5.08. The van der Waals surface area contributed by atoms with Gasteiger partial charge in [-0.3, -0.25) is 14.0 Å². The normalized spacial score (nSPS) is 14.8. The molecule has 0 saturated carbocycles. The molecule has 1 unspecified atom stereocenters. The number of hydrogen-bond acceptors (Lipinski definition) is 6. The van der Waals surface area contributed by atoms with Crippen molar-refractivity contribution in [3.05, 3.63) is 71.4 Å². The Morgan fingerprint density at radius 1 is 1.18 bits per heavy atom. The van der Waals surface area contributed by atoms with E-state index in [1.807, 2.05) is 45.0 Å². The number of aryl methyl sites for hydroxylation is 1. The largest absolute Gasteiger partial charge is 0.441 e. The van der Waals surface area contributed by atoms with E-state index in [9.17, 15) is 9.00 Å². The number of rotatable bonds is 7. The number of pyridine rings is 1. The van der Waals surface area contributed by atoms with Crippen molar-refractivity contribution >= 4 is 16.7 Å². The number of carbonyl (C=O) groups excluding carboxylic acids is 1. The molecule has 33 heavy (non-hydrogen) atoms. The molecular weight excluding hydrogens is 436 g/mol. The molecule has 176 valence electrons. The molecule has 0 aliphatic carbocycles. The SMILES string of the molecule is CC.Cc1oc(-c2ccc(C(=O)NCc3cccnc3)cc2)nc1CS(=O)C1CCNCC1. The molecule has 1 amide bonds. The molecule has 1 saturated heterocycles. The predicted molar refractivity (Wildman–Crippen MR) is 131 cm³/mol. The lowest BCUT2D eigenvalue weighted by atomic mass is 10.1. The lowest BCUT2D eigenvalue weighted by molar-refractivity contribution is 0.0951. The average Bonchev–Trinajstić information content (AvgIpc) is 3.25. The van der Waals surface area contributed by atoms with Gasteiger partial charge in [0.05, 0.1) is 11.4 Å². The first-order valence-electron chi connectivity index (χ1n) is 11.4. The summed E-state index contributed by atoms with van der Waals surface area (Å²) in [5.41, 5.74) is 3.02. The molecule has 3 heterocycles. The number of benzene rings is 1. The van der Waals surface area contributed by atoms with Gasteiger partial charge in [0, 0.05) is 46.1 Å². The van der Waals surface area contributed by atoms with Crippen molar-refractivity contribution in [3.8, 4) is 11.5 Å². The molecule has 1 fully saturated rings. The first kappa shape index (κ1) is 24.8. The maximum absolute atomic E-state index is 12.7. The number of nitrogens with one attached hydrogen (secondary N) is 2. The second-order valence-corrected chi connectivity index (χ2v) is 9.33. The number of nitrogens with zero attached hydrogens (tertiary/aromatic N) is 2. The smallest absolute Gasteiger partial charge is 0.251 e. The summed E-state index contributed by atoms with van der Waals surface area (Å²) < 4.78 is 18.5. The fraction of sp³-hybridized carbons (Fsp3) is 0.400. The Labute approximate surface area is 197 Å². The van der Waals surface area contributed by atoms with Gasteiger partial charge in [0.25, 0.3) is 5.91 Å². The van der Waals surface area contributed by atoms with Crippen molar-refractivity contribution in [1.82, 2.24) is 20.6 Å². The molecule has 0 radical (unpaired) electrons. The summed E-state index contributed by atoms with van der Waals surface area (Å²) in [6, 6.07) is 10.9. The van der Waals surface area contributed by atoms with Gasteiger partial charge < -0.3 is 15.1 Å². The van der Waals surface area contributed by atoms with Crippen LogP contribution in [0.1, 0.15) is 54.1 Å². The Morgan fingerprint density at radius 2 is 1.91 bits per heavy atom. The summed E-state index contributed by atoms with van der Waals surface area (Å²) in [6.07, 6.45) is 5.29. The van der Waals surface area contributed by atoms with Crippen LogP contribution in [0, 0.1) is 6.92 Å². The van der Waals surface area contributed by atoms with Gasteiger partial charge in [0.2, 0.25) is 5.89 Å². The van der Waals surface area contributed by atoms with Crippen molar-refractivity contribution in [1.29, 1.82) is 0 Å². The van der Waals surface area contributed by atoms with Crippen molar-refractivity contribution in [3.63, 3.8) is 0 Å². The first-order valence-corrected chi connectivity index (χ1v) is 12.8. The molecule has 4 rings (SSSR count). The highest BCUT2D eigenvalue weighted by molar-refractivity contribution is 7.84. The predicted octanol–water partition coefficient (Wildman–Crippen LogP) is 4.00. The summed E-state index contributed by atoms with van der Waals surface area (Å²) in [4.78, 5) is 21.0. The van der Waals surface area contributed by atoms with Gasteiger partial charge in [-0.1, -0.05) is 19.9 Å². The van der Waals surface area contributed by atoms with Crippen LogP contribution in [-0.4, -0.2) is 38.4 Å². The van der Waals surface area contributed by atoms with Crippen molar-refractivity contribution in [2.24, 2.45) is 0 Å². The summed E-state index contributed by atoms with van der Waals surface area (Å²) in [6.45, 7) is 8.11. The van der Waals surface area contributed by atoms with Crippen LogP contribution in [-0.2, 0) is 23.1 Å². The molecule has 0 spiro atoms. The molecule has 1 aromatic carbocycles. The standard InChI is InChI=1S/C23H26N4O3S.C2H6/c1-16-21(15-31(29)20-8-11-24-12-9-20)27-23(30-16)19-6-4-18(5-7-19)22(28)26-14-17-3-2-10-25-13-17;1-2/h2-7,10,13,20,24H,8-9,11-12,14-15H2,1H3,(H,26,28);1-2H3. The van der Waals surface area contributed by atoms with E-state index < -0.39 is 10.8 Å². The van der Waals surface area contributed by atoms with Crippen LogP contribution in [0.5, 0.6) is 0 Å². The van der Waals surface area contributed by atoms with Gasteiger partial charge in [-0.15, -0.1) is 0 Å². The van der Waals surface area contributed by atoms with Crippen molar-refractivity contribution < 1.29 is 13.4 Å². The molecule has 1 aliphatic rings.